The van der Waals surface area contributed by atoms with E-state index in [1.807, 2.05) is 16.8 Å². The molecule has 0 atom stereocenters. The van der Waals surface area contributed by atoms with E-state index in [9.17, 15) is 14.4 Å². The van der Waals surface area contributed by atoms with Crippen molar-refractivity contribution < 1.29 is 14.4 Å². The Bertz CT molecular complexity index is 825. The predicted octanol–water partition coefficient (Wildman–Crippen LogP) is 2.68. The van der Waals surface area contributed by atoms with Crippen LogP contribution in [0.3, 0.4) is 0 Å². The van der Waals surface area contributed by atoms with Crippen molar-refractivity contribution in [1.29, 1.82) is 0 Å². The normalized spacial score (nSPS) is 10.9. The van der Waals surface area contributed by atoms with Gasteiger partial charge in [-0.25, -0.2) is 14.4 Å². The van der Waals surface area contributed by atoms with Gasteiger partial charge in [-0.3, -0.25) is 10.0 Å². The first-order chi connectivity index (χ1) is 10.5. The number of pyridine rings is 1. The Morgan fingerprint density at radius 2 is 2.05 bits per heavy atom. The number of rotatable bonds is 3. The Labute approximate surface area is 126 Å². The van der Waals surface area contributed by atoms with Crippen LogP contribution in [0, 0.1) is 5.82 Å². The molecule has 3 rings (SSSR count). The summed E-state index contributed by atoms with van der Waals surface area (Å²) in [6.45, 7) is 0.582. The summed E-state index contributed by atoms with van der Waals surface area (Å²) in [6, 6.07) is 9.81. The van der Waals surface area contributed by atoms with Crippen LogP contribution in [0.2, 0.25) is 0 Å². The van der Waals surface area contributed by atoms with Crippen molar-refractivity contribution >= 4 is 16.8 Å². The highest BCUT2D eigenvalue weighted by Gasteiger charge is 2.13. The molecule has 0 aliphatic carbocycles. The summed E-state index contributed by atoms with van der Waals surface area (Å²) in [5, 5.41) is 10.5. The first-order valence-electron chi connectivity index (χ1n) is 6.71. The first-order valence-corrected chi connectivity index (χ1v) is 6.71. The second-order valence-corrected chi connectivity index (χ2v) is 5.03. The minimum atomic E-state index is -0.562. The van der Waals surface area contributed by atoms with E-state index in [-0.39, 0.29) is 11.5 Å². The fourth-order valence-corrected chi connectivity index (χ4v) is 2.29. The molecule has 0 fully saturated rings. The molecule has 0 aliphatic rings. The van der Waals surface area contributed by atoms with Crippen LogP contribution in [0.1, 0.15) is 16.1 Å². The van der Waals surface area contributed by atoms with Gasteiger partial charge in [-0.2, -0.15) is 0 Å². The van der Waals surface area contributed by atoms with Crippen molar-refractivity contribution in [3.05, 3.63) is 65.9 Å². The molecule has 1 N–H and O–H groups in total. The van der Waals surface area contributed by atoms with Crippen LogP contribution in [0.4, 0.5) is 4.39 Å². The zero-order chi connectivity index (χ0) is 15.7. The summed E-state index contributed by atoms with van der Waals surface area (Å²) >= 11 is 0. The number of benzene rings is 1. The van der Waals surface area contributed by atoms with E-state index in [1.165, 1.54) is 19.2 Å². The largest absolute Gasteiger partial charge is 0.342 e. The number of hydroxylamine groups is 2. The summed E-state index contributed by atoms with van der Waals surface area (Å²) in [4.78, 5) is 15.8. The molecule has 2 aromatic heterocycles. The molecular weight excluding hydrogens is 285 g/mol. The van der Waals surface area contributed by atoms with Crippen LogP contribution < -0.4 is 0 Å². The SMILES string of the molecule is CN(O)C(=O)c1cc2ccn(Cc3ccc(F)cc3)c2cn1. The summed E-state index contributed by atoms with van der Waals surface area (Å²) in [5.41, 5.74) is 2.01. The van der Waals surface area contributed by atoms with Gasteiger partial charge in [0, 0.05) is 25.2 Å². The van der Waals surface area contributed by atoms with Gasteiger partial charge in [0.2, 0.25) is 0 Å². The van der Waals surface area contributed by atoms with Gasteiger partial charge in [-0.1, -0.05) is 12.1 Å². The van der Waals surface area contributed by atoms with Gasteiger partial charge in [0.25, 0.3) is 5.91 Å². The molecule has 0 saturated carbocycles. The zero-order valence-corrected chi connectivity index (χ0v) is 11.9. The van der Waals surface area contributed by atoms with Gasteiger partial charge in [0.05, 0.1) is 11.7 Å². The highest BCUT2D eigenvalue weighted by atomic mass is 19.1. The van der Waals surface area contributed by atoms with Gasteiger partial charge in [0.1, 0.15) is 11.5 Å². The maximum Gasteiger partial charge on any atom is 0.295 e. The standard InChI is InChI=1S/C16H14FN3O2/c1-19(22)16(21)14-8-12-6-7-20(15(12)9-18-14)10-11-2-4-13(17)5-3-11/h2-9,22H,10H2,1H3. The van der Waals surface area contributed by atoms with Gasteiger partial charge < -0.3 is 4.57 Å². The lowest BCUT2D eigenvalue weighted by atomic mass is 10.2. The topological polar surface area (TPSA) is 58.4 Å². The Kier molecular flexibility index (Phi) is 3.60. The van der Waals surface area contributed by atoms with Crippen LogP contribution in [0.15, 0.2) is 48.8 Å². The fraction of sp³-hybridized carbons (Fsp3) is 0.125. The van der Waals surface area contributed by atoms with Gasteiger partial charge in [-0.05, 0) is 29.8 Å². The average molecular weight is 299 g/mol. The van der Waals surface area contributed by atoms with Gasteiger partial charge in [-0.15, -0.1) is 0 Å². The Hall–Kier alpha value is -2.73. The third kappa shape index (κ3) is 2.68. The highest BCUT2D eigenvalue weighted by molar-refractivity contribution is 5.95. The Morgan fingerprint density at radius 1 is 1.32 bits per heavy atom. The van der Waals surface area contributed by atoms with Crippen LogP contribution >= 0.6 is 0 Å². The van der Waals surface area contributed by atoms with E-state index < -0.39 is 5.91 Å². The minimum Gasteiger partial charge on any atom is -0.342 e. The highest BCUT2D eigenvalue weighted by Crippen LogP contribution is 2.18. The Balaban J connectivity index is 1.92. The lowest BCUT2D eigenvalue weighted by Gasteiger charge is -2.08. The molecular formula is C16H14FN3O2. The van der Waals surface area contributed by atoms with Crippen LogP contribution in [0.25, 0.3) is 10.9 Å². The van der Waals surface area contributed by atoms with Gasteiger partial charge >= 0.3 is 0 Å². The fourth-order valence-electron chi connectivity index (χ4n) is 2.29. The Morgan fingerprint density at radius 3 is 2.73 bits per heavy atom. The average Bonchev–Trinajstić information content (AvgIpc) is 2.91. The molecule has 5 nitrogen and oxygen atoms in total. The maximum atomic E-state index is 12.9. The molecule has 0 aliphatic heterocycles. The van der Waals surface area contributed by atoms with Crippen molar-refractivity contribution in [2.45, 2.75) is 6.54 Å². The molecule has 1 amide bonds. The summed E-state index contributed by atoms with van der Waals surface area (Å²) in [5.74, 6) is -0.827. The lowest BCUT2D eigenvalue weighted by Crippen LogP contribution is -2.23. The van der Waals surface area contributed by atoms with E-state index in [0.29, 0.717) is 11.6 Å². The molecule has 6 heteroatoms. The molecule has 0 radical (unpaired) electrons. The van der Waals surface area contributed by atoms with Crippen molar-refractivity contribution in [1.82, 2.24) is 14.6 Å². The molecule has 2 heterocycles. The number of carbonyl (C=O) groups excluding carboxylic acids is 1. The third-order valence-corrected chi connectivity index (χ3v) is 3.44. The number of halogens is 1. The van der Waals surface area contributed by atoms with E-state index >= 15 is 0 Å². The van der Waals surface area contributed by atoms with E-state index in [0.717, 1.165) is 16.5 Å². The maximum absolute atomic E-state index is 12.9. The molecule has 0 bridgehead atoms. The first kappa shape index (κ1) is 14.2. The number of nitrogens with zero attached hydrogens (tertiary/aromatic N) is 3. The van der Waals surface area contributed by atoms with Crippen molar-refractivity contribution in [2.75, 3.05) is 7.05 Å². The van der Waals surface area contributed by atoms with Crippen LogP contribution in [-0.4, -0.2) is 32.8 Å². The minimum absolute atomic E-state index is 0.178. The van der Waals surface area contributed by atoms with Crippen molar-refractivity contribution in [2.24, 2.45) is 0 Å². The third-order valence-electron chi connectivity index (χ3n) is 3.44. The molecule has 22 heavy (non-hydrogen) atoms. The lowest BCUT2D eigenvalue weighted by molar-refractivity contribution is -0.0379. The second kappa shape index (κ2) is 5.57. The summed E-state index contributed by atoms with van der Waals surface area (Å²) < 4.78 is 14.9. The van der Waals surface area contributed by atoms with E-state index in [1.54, 1.807) is 24.4 Å². The summed E-state index contributed by atoms with van der Waals surface area (Å²) in [7, 11) is 1.26. The van der Waals surface area contributed by atoms with Crippen LogP contribution in [0.5, 0.6) is 0 Å². The number of fused-ring (bicyclic) bond motifs is 1. The predicted molar refractivity (Wildman–Crippen MR) is 79.1 cm³/mol. The quantitative estimate of drug-likeness (QED) is 0.597. The van der Waals surface area contributed by atoms with Crippen molar-refractivity contribution in [3.8, 4) is 0 Å². The van der Waals surface area contributed by atoms with Crippen molar-refractivity contribution in [3.63, 3.8) is 0 Å². The zero-order valence-electron chi connectivity index (χ0n) is 11.9. The molecule has 0 saturated heterocycles. The number of hydrogen-bond acceptors (Lipinski definition) is 3. The number of amides is 1. The van der Waals surface area contributed by atoms with Gasteiger partial charge in [0.15, 0.2) is 0 Å². The molecule has 1 aromatic carbocycles. The molecule has 112 valence electrons. The van der Waals surface area contributed by atoms with E-state index in [2.05, 4.69) is 4.98 Å². The molecule has 0 unspecified atom stereocenters. The second-order valence-electron chi connectivity index (χ2n) is 5.03. The molecule has 0 spiro atoms. The van der Waals surface area contributed by atoms with E-state index in [4.69, 9.17) is 0 Å². The number of carbonyl (C=O) groups is 1. The number of hydrogen-bond donors (Lipinski definition) is 1. The monoisotopic (exact) mass is 299 g/mol. The van der Waals surface area contributed by atoms with Crippen LogP contribution in [-0.2, 0) is 6.54 Å². The smallest absolute Gasteiger partial charge is 0.295 e. The number of aromatic nitrogens is 2. The summed E-state index contributed by atoms with van der Waals surface area (Å²) in [6.07, 6.45) is 3.47. The molecule has 3 aromatic rings.